The van der Waals surface area contributed by atoms with E-state index in [1.54, 1.807) is 0 Å². The monoisotopic (exact) mass is 350 g/mol. The minimum atomic E-state index is -0.627. The number of rotatable bonds is 6. The lowest BCUT2D eigenvalue weighted by Crippen LogP contribution is -2.42. The summed E-state index contributed by atoms with van der Waals surface area (Å²) >= 11 is 0. The fourth-order valence-electron chi connectivity index (χ4n) is 3.65. The Labute approximate surface area is 149 Å². The smallest absolute Gasteiger partial charge is 0.224 e. The average molecular weight is 350 g/mol. The van der Waals surface area contributed by atoms with Crippen molar-refractivity contribution < 1.29 is 14.9 Å². The van der Waals surface area contributed by atoms with Crippen LogP contribution in [0, 0.1) is 5.92 Å². The van der Waals surface area contributed by atoms with Crippen LogP contribution in [0.2, 0.25) is 0 Å². The maximum Gasteiger partial charge on any atom is 0.224 e. The Morgan fingerprint density at radius 2 is 2.04 bits per heavy atom. The SMILES string of the molecule is CC(C)(O)C1CCN(c2cc([C@@H]3CCOC3)nc(NCCO)n2)CC1. The van der Waals surface area contributed by atoms with Gasteiger partial charge in [-0.1, -0.05) is 0 Å². The first-order chi connectivity index (χ1) is 12.0. The number of aliphatic hydroxyl groups is 2. The van der Waals surface area contributed by atoms with Crippen molar-refractivity contribution in [3.8, 4) is 0 Å². The molecule has 3 rings (SSSR count). The highest BCUT2D eigenvalue weighted by atomic mass is 16.5. The van der Waals surface area contributed by atoms with Crippen LogP contribution in [-0.4, -0.2) is 65.2 Å². The molecule has 0 unspecified atom stereocenters. The number of anilines is 2. The van der Waals surface area contributed by atoms with Gasteiger partial charge < -0.3 is 25.2 Å². The zero-order valence-corrected chi connectivity index (χ0v) is 15.2. The van der Waals surface area contributed by atoms with E-state index in [9.17, 15) is 5.11 Å². The normalized spacial score (nSPS) is 22.4. The van der Waals surface area contributed by atoms with Crippen molar-refractivity contribution in [2.45, 2.75) is 44.6 Å². The van der Waals surface area contributed by atoms with E-state index < -0.39 is 5.60 Å². The average Bonchev–Trinajstić information content (AvgIpc) is 3.14. The van der Waals surface area contributed by atoms with E-state index >= 15 is 0 Å². The summed E-state index contributed by atoms with van der Waals surface area (Å²) in [6.45, 7) is 7.52. The predicted octanol–water partition coefficient (Wildman–Crippen LogP) is 1.37. The van der Waals surface area contributed by atoms with Crippen molar-refractivity contribution in [3.05, 3.63) is 11.8 Å². The Morgan fingerprint density at radius 1 is 1.28 bits per heavy atom. The van der Waals surface area contributed by atoms with E-state index in [4.69, 9.17) is 9.84 Å². The lowest BCUT2D eigenvalue weighted by atomic mass is 9.83. The Balaban J connectivity index is 1.76. The molecule has 0 saturated carbocycles. The number of hydrogen-bond acceptors (Lipinski definition) is 7. The molecule has 1 atom stereocenters. The summed E-state index contributed by atoms with van der Waals surface area (Å²) in [5.41, 5.74) is 0.380. The third kappa shape index (κ3) is 4.59. The molecular weight excluding hydrogens is 320 g/mol. The van der Waals surface area contributed by atoms with Crippen LogP contribution in [0.3, 0.4) is 0 Å². The molecule has 0 aliphatic carbocycles. The molecule has 140 valence electrons. The minimum Gasteiger partial charge on any atom is -0.395 e. The summed E-state index contributed by atoms with van der Waals surface area (Å²) in [6.07, 6.45) is 2.89. The Bertz CT molecular complexity index is 562. The van der Waals surface area contributed by atoms with Crippen LogP contribution in [0.4, 0.5) is 11.8 Å². The molecule has 3 N–H and O–H groups in total. The molecule has 7 nitrogen and oxygen atoms in total. The number of ether oxygens (including phenoxy) is 1. The largest absolute Gasteiger partial charge is 0.395 e. The van der Waals surface area contributed by atoms with Crippen LogP contribution < -0.4 is 10.2 Å². The van der Waals surface area contributed by atoms with Crippen LogP contribution in [0.15, 0.2) is 6.07 Å². The van der Waals surface area contributed by atoms with Crippen LogP contribution in [0.1, 0.15) is 44.7 Å². The van der Waals surface area contributed by atoms with Gasteiger partial charge in [0.05, 0.1) is 24.5 Å². The van der Waals surface area contributed by atoms with Gasteiger partial charge in [-0.15, -0.1) is 0 Å². The molecule has 0 bridgehead atoms. The van der Waals surface area contributed by atoms with Gasteiger partial charge in [-0.2, -0.15) is 4.98 Å². The Kier molecular flexibility index (Phi) is 5.76. The number of aliphatic hydroxyl groups excluding tert-OH is 1. The fraction of sp³-hybridized carbons (Fsp3) is 0.778. The molecule has 1 aromatic heterocycles. The Hall–Kier alpha value is -1.44. The van der Waals surface area contributed by atoms with Crippen molar-refractivity contribution >= 4 is 11.8 Å². The molecule has 2 aliphatic rings. The highest BCUT2D eigenvalue weighted by Crippen LogP contribution is 2.32. The fourth-order valence-corrected chi connectivity index (χ4v) is 3.65. The lowest BCUT2D eigenvalue weighted by Gasteiger charge is -2.38. The van der Waals surface area contributed by atoms with Crippen molar-refractivity contribution in [2.75, 3.05) is 49.7 Å². The molecule has 7 heteroatoms. The predicted molar refractivity (Wildman–Crippen MR) is 97.0 cm³/mol. The van der Waals surface area contributed by atoms with Gasteiger partial charge in [0.2, 0.25) is 5.95 Å². The molecule has 25 heavy (non-hydrogen) atoms. The maximum atomic E-state index is 10.2. The standard InChI is InChI=1S/C18H30N4O3/c1-18(2,24)14-3-7-22(8-4-14)16-11-15(13-5-10-25-12-13)20-17(21-16)19-6-9-23/h11,13-14,23-24H,3-10,12H2,1-2H3,(H,19,20,21)/t13-/m1/s1. The van der Waals surface area contributed by atoms with E-state index in [1.807, 2.05) is 13.8 Å². The van der Waals surface area contributed by atoms with Crippen LogP contribution in [-0.2, 0) is 4.74 Å². The van der Waals surface area contributed by atoms with Gasteiger partial charge in [-0.05, 0) is 39.0 Å². The number of hydrogen-bond donors (Lipinski definition) is 3. The molecule has 2 fully saturated rings. The highest BCUT2D eigenvalue weighted by Gasteiger charge is 2.31. The molecule has 1 aromatic rings. The second-order valence-electron chi connectivity index (χ2n) is 7.60. The van der Waals surface area contributed by atoms with E-state index in [-0.39, 0.29) is 6.61 Å². The van der Waals surface area contributed by atoms with Crippen LogP contribution in [0.5, 0.6) is 0 Å². The number of piperidine rings is 1. The van der Waals surface area contributed by atoms with E-state index in [0.29, 0.717) is 30.9 Å². The minimum absolute atomic E-state index is 0.0481. The highest BCUT2D eigenvalue weighted by molar-refractivity contribution is 5.46. The van der Waals surface area contributed by atoms with Crippen molar-refractivity contribution in [3.63, 3.8) is 0 Å². The third-order valence-electron chi connectivity index (χ3n) is 5.29. The maximum absolute atomic E-state index is 10.2. The summed E-state index contributed by atoms with van der Waals surface area (Å²) < 4.78 is 5.51. The van der Waals surface area contributed by atoms with E-state index in [0.717, 1.165) is 50.5 Å². The molecule has 3 heterocycles. The molecule has 2 aliphatic heterocycles. The number of aromatic nitrogens is 2. The van der Waals surface area contributed by atoms with Crippen molar-refractivity contribution in [1.29, 1.82) is 0 Å². The van der Waals surface area contributed by atoms with Crippen molar-refractivity contribution in [1.82, 2.24) is 9.97 Å². The summed E-state index contributed by atoms with van der Waals surface area (Å²) in [5, 5.41) is 22.4. The van der Waals surface area contributed by atoms with Gasteiger partial charge in [-0.25, -0.2) is 4.98 Å². The zero-order valence-electron chi connectivity index (χ0n) is 15.2. The zero-order chi connectivity index (χ0) is 17.9. The first-order valence-corrected chi connectivity index (χ1v) is 9.26. The molecular formula is C18H30N4O3. The van der Waals surface area contributed by atoms with Gasteiger partial charge in [-0.3, -0.25) is 0 Å². The molecule has 0 radical (unpaired) electrons. The van der Waals surface area contributed by atoms with Gasteiger partial charge in [0.25, 0.3) is 0 Å². The lowest BCUT2D eigenvalue weighted by molar-refractivity contribution is 0.00645. The molecule has 2 saturated heterocycles. The van der Waals surface area contributed by atoms with Gasteiger partial charge in [0, 0.05) is 38.2 Å². The van der Waals surface area contributed by atoms with Gasteiger partial charge in [0.1, 0.15) is 5.82 Å². The summed E-state index contributed by atoms with van der Waals surface area (Å²) in [7, 11) is 0. The summed E-state index contributed by atoms with van der Waals surface area (Å²) in [5.74, 6) is 2.12. The number of nitrogens with zero attached hydrogens (tertiary/aromatic N) is 3. The van der Waals surface area contributed by atoms with Gasteiger partial charge >= 0.3 is 0 Å². The molecule has 0 aromatic carbocycles. The first-order valence-electron chi connectivity index (χ1n) is 9.26. The quantitative estimate of drug-likeness (QED) is 0.714. The third-order valence-corrected chi connectivity index (χ3v) is 5.29. The van der Waals surface area contributed by atoms with Gasteiger partial charge in [0.15, 0.2) is 0 Å². The molecule has 0 amide bonds. The summed E-state index contributed by atoms with van der Waals surface area (Å²) in [4.78, 5) is 11.5. The first kappa shape index (κ1) is 18.4. The van der Waals surface area contributed by atoms with E-state index in [2.05, 4.69) is 26.3 Å². The summed E-state index contributed by atoms with van der Waals surface area (Å²) in [6, 6.07) is 2.08. The topological polar surface area (TPSA) is 90.7 Å². The van der Waals surface area contributed by atoms with Crippen LogP contribution >= 0.6 is 0 Å². The Morgan fingerprint density at radius 3 is 2.64 bits per heavy atom. The van der Waals surface area contributed by atoms with E-state index in [1.165, 1.54) is 0 Å². The second kappa shape index (κ2) is 7.85. The van der Waals surface area contributed by atoms with Crippen LogP contribution in [0.25, 0.3) is 0 Å². The number of nitrogens with one attached hydrogen (secondary N) is 1. The molecule has 0 spiro atoms. The van der Waals surface area contributed by atoms with Crippen molar-refractivity contribution in [2.24, 2.45) is 5.92 Å². The second-order valence-corrected chi connectivity index (χ2v) is 7.60.